The molecule has 0 aromatic carbocycles. The van der Waals surface area contributed by atoms with Gasteiger partial charge in [-0.2, -0.15) is 0 Å². The molecule has 1 rings (SSSR count). The van der Waals surface area contributed by atoms with Crippen LogP contribution in [0.3, 0.4) is 0 Å². The van der Waals surface area contributed by atoms with Gasteiger partial charge in [0.25, 0.3) is 0 Å². The summed E-state index contributed by atoms with van der Waals surface area (Å²) in [5.74, 6) is 0. The molecular formula is C13H26N2. The molecule has 0 saturated heterocycles. The highest BCUT2D eigenvalue weighted by atomic mass is 15.4. The Morgan fingerprint density at radius 1 is 1.07 bits per heavy atom. The summed E-state index contributed by atoms with van der Waals surface area (Å²) in [6.07, 6.45) is 12.9. The topological polar surface area (TPSA) is 24.1 Å². The molecule has 15 heavy (non-hydrogen) atoms. The molecule has 1 aliphatic rings. The number of hydrazine groups is 1. The lowest BCUT2D eigenvalue weighted by Crippen LogP contribution is -2.31. The van der Waals surface area contributed by atoms with Crippen LogP contribution in [0.2, 0.25) is 0 Å². The van der Waals surface area contributed by atoms with Crippen molar-refractivity contribution in [3.63, 3.8) is 0 Å². The van der Waals surface area contributed by atoms with Crippen LogP contribution in [-0.4, -0.2) is 6.04 Å². The Bertz CT molecular complexity index is 187. The fourth-order valence-corrected chi connectivity index (χ4v) is 1.99. The third-order valence-electron chi connectivity index (χ3n) is 2.99. The van der Waals surface area contributed by atoms with E-state index in [9.17, 15) is 0 Å². The maximum atomic E-state index is 3.35. The first-order valence-corrected chi connectivity index (χ1v) is 6.59. The number of nitrogens with one attached hydrogen (secondary N) is 2. The second-order valence-electron chi connectivity index (χ2n) is 4.52. The molecule has 0 radical (unpaired) electrons. The SMILES string of the molecule is CCCCCC1=CC(CCCCC)NN1. The van der Waals surface area contributed by atoms with E-state index >= 15 is 0 Å². The van der Waals surface area contributed by atoms with Crippen molar-refractivity contribution in [2.45, 2.75) is 71.3 Å². The molecule has 0 spiro atoms. The van der Waals surface area contributed by atoms with Gasteiger partial charge in [0.1, 0.15) is 0 Å². The quantitative estimate of drug-likeness (QED) is 0.599. The van der Waals surface area contributed by atoms with Gasteiger partial charge in [-0.15, -0.1) is 0 Å². The van der Waals surface area contributed by atoms with Crippen LogP contribution >= 0.6 is 0 Å². The molecule has 2 heteroatoms. The molecule has 0 saturated carbocycles. The summed E-state index contributed by atoms with van der Waals surface area (Å²) in [4.78, 5) is 0. The third-order valence-corrected chi connectivity index (χ3v) is 2.99. The summed E-state index contributed by atoms with van der Waals surface area (Å²) in [5.41, 5.74) is 8.06. The van der Waals surface area contributed by atoms with E-state index in [0.29, 0.717) is 6.04 Å². The van der Waals surface area contributed by atoms with Crippen molar-refractivity contribution in [1.29, 1.82) is 0 Å². The summed E-state index contributed by atoms with van der Waals surface area (Å²) in [6, 6.07) is 0.577. The molecule has 0 amide bonds. The normalized spacial score (nSPS) is 20.1. The van der Waals surface area contributed by atoms with E-state index in [1.54, 1.807) is 0 Å². The minimum absolute atomic E-state index is 0.577. The lowest BCUT2D eigenvalue weighted by molar-refractivity contribution is 0.510. The minimum Gasteiger partial charge on any atom is -0.325 e. The molecule has 2 N–H and O–H groups in total. The minimum atomic E-state index is 0.577. The molecule has 1 heterocycles. The second-order valence-corrected chi connectivity index (χ2v) is 4.52. The lowest BCUT2D eigenvalue weighted by Gasteiger charge is -2.07. The highest BCUT2D eigenvalue weighted by molar-refractivity contribution is 5.09. The van der Waals surface area contributed by atoms with E-state index in [2.05, 4.69) is 30.8 Å². The van der Waals surface area contributed by atoms with Crippen molar-refractivity contribution in [2.24, 2.45) is 0 Å². The molecule has 0 aliphatic carbocycles. The summed E-state index contributed by atoms with van der Waals surface area (Å²) in [7, 11) is 0. The number of unbranched alkanes of at least 4 members (excludes halogenated alkanes) is 4. The first kappa shape index (κ1) is 12.6. The summed E-state index contributed by atoms with van der Waals surface area (Å²) < 4.78 is 0. The summed E-state index contributed by atoms with van der Waals surface area (Å²) in [5, 5.41) is 0. The van der Waals surface area contributed by atoms with Crippen LogP contribution in [0.1, 0.15) is 65.2 Å². The average Bonchev–Trinajstić information content (AvgIpc) is 2.67. The lowest BCUT2D eigenvalue weighted by atomic mass is 10.1. The molecule has 0 fully saturated rings. The van der Waals surface area contributed by atoms with Crippen LogP contribution < -0.4 is 10.9 Å². The van der Waals surface area contributed by atoms with Crippen LogP contribution in [0.25, 0.3) is 0 Å². The zero-order valence-corrected chi connectivity index (χ0v) is 10.3. The van der Waals surface area contributed by atoms with Crippen LogP contribution in [0.4, 0.5) is 0 Å². The van der Waals surface area contributed by atoms with Crippen molar-refractivity contribution < 1.29 is 0 Å². The second kappa shape index (κ2) is 7.75. The van der Waals surface area contributed by atoms with Gasteiger partial charge in [0.15, 0.2) is 0 Å². The average molecular weight is 210 g/mol. The zero-order valence-electron chi connectivity index (χ0n) is 10.3. The smallest absolute Gasteiger partial charge is 0.0460 e. The van der Waals surface area contributed by atoms with E-state index in [1.165, 1.54) is 57.1 Å². The first-order valence-electron chi connectivity index (χ1n) is 6.59. The van der Waals surface area contributed by atoms with Gasteiger partial charge in [0, 0.05) is 11.7 Å². The van der Waals surface area contributed by atoms with Crippen molar-refractivity contribution in [3.05, 3.63) is 11.8 Å². The number of hydrogen-bond acceptors (Lipinski definition) is 2. The molecule has 0 aromatic rings. The predicted octanol–water partition coefficient (Wildman–Crippen LogP) is 3.51. The Labute approximate surface area is 94.5 Å². The zero-order chi connectivity index (χ0) is 10.9. The van der Waals surface area contributed by atoms with Gasteiger partial charge in [0.2, 0.25) is 0 Å². The Balaban J connectivity index is 2.10. The van der Waals surface area contributed by atoms with Gasteiger partial charge >= 0.3 is 0 Å². The predicted molar refractivity (Wildman–Crippen MR) is 66.4 cm³/mol. The van der Waals surface area contributed by atoms with Crippen LogP contribution in [-0.2, 0) is 0 Å². The highest BCUT2D eigenvalue weighted by Crippen LogP contribution is 2.14. The largest absolute Gasteiger partial charge is 0.325 e. The Morgan fingerprint density at radius 3 is 2.53 bits per heavy atom. The van der Waals surface area contributed by atoms with E-state index in [-0.39, 0.29) is 0 Å². The Hall–Kier alpha value is -0.500. The molecular weight excluding hydrogens is 184 g/mol. The fourth-order valence-electron chi connectivity index (χ4n) is 1.99. The van der Waals surface area contributed by atoms with Gasteiger partial charge < -0.3 is 5.43 Å². The van der Waals surface area contributed by atoms with Crippen LogP contribution in [0, 0.1) is 0 Å². The maximum Gasteiger partial charge on any atom is 0.0460 e. The van der Waals surface area contributed by atoms with E-state index < -0.39 is 0 Å². The maximum absolute atomic E-state index is 3.35. The number of hydrogen-bond donors (Lipinski definition) is 2. The van der Waals surface area contributed by atoms with E-state index in [4.69, 9.17) is 0 Å². The number of allylic oxidation sites excluding steroid dienone is 1. The summed E-state index contributed by atoms with van der Waals surface area (Å²) >= 11 is 0. The van der Waals surface area contributed by atoms with Crippen molar-refractivity contribution in [1.82, 2.24) is 10.9 Å². The first-order chi connectivity index (χ1) is 7.36. The molecule has 1 aliphatic heterocycles. The molecule has 0 bridgehead atoms. The van der Waals surface area contributed by atoms with E-state index in [0.717, 1.165) is 0 Å². The van der Waals surface area contributed by atoms with Gasteiger partial charge in [-0.25, -0.2) is 5.43 Å². The molecule has 2 nitrogen and oxygen atoms in total. The van der Waals surface area contributed by atoms with Crippen LogP contribution in [0.5, 0.6) is 0 Å². The van der Waals surface area contributed by atoms with Gasteiger partial charge in [-0.3, -0.25) is 0 Å². The van der Waals surface area contributed by atoms with Gasteiger partial charge in [-0.05, 0) is 25.3 Å². The molecule has 1 unspecified atom stereocenters. The Kier molecular flexibility index (Phi) is 6.49. The number of rotatable bonds is 8. The monoisotopic (exact) mass is 210 g/mol. The highest BCUT2D eigenvalue weighted by Gasteiger charge is 2.12. The Morgan fingerprint density at radius 2 is 1.80 bits per heavy atom. The van der Waals surface area contributed by atoms with Crippen molar-refractivity contribution in [3.8, 4) is 0 Å². The van der Waals surface area contributed by atoms with Gasteiger partial charge in [0.05, 0.1) is 0 Å². The molecule has 1 atom stereocenters. The van der Waals surface area contributed by atoms with Crippen molar-refractivity contribution in [2.75, 3.05) is 0 Å². The summed E-state index contributed by atoms with van der Waals surface area (Å²) in [6.45, 7) is 4.51. The fraction of sp³-hybridized carbons (Fsp3) is 0.846. The molecule has 0 aromatic heterocycles. The third kappa shape index (κ3) is 5.22. The molecule has 88 valence electrons. The van der Waals surface area contributed by atoms with Crippen LogP contribution in [0.15, 0.2) is 11.8 Å². The standard InChI is InChI=1S/C13H26N2/c1-3-5-7-9-12-11-13(15-14-12)10-8-6-4-2/h11-12,14-15H,3-10H2,1-2H3. The van der Waals surface area contributed by atoms with Gasteiger partial charge in [-0.1, -0.05) is 46.0 Å². The van der Waals surface area contributed by atoms with E-state index in [1.807, 2.05) is 0 Å². The van der Waals surface area contributed by atoms with Crippen molar-refractivity contribution >= 4 is 0 Å².